The number of rotatable bonds is 7. The van der Waals surface area contributed by atoms with Crippen LogP contribution in [0.5, 0.6) is 11.6 Å². The first-order chi connectivity index (χ1) is 19.5. The maximum atomic E-state index is 13.1. The fraction of sp³-hybridized carbons (Fsp3) is 0.0968. The van der Waals surface area contributed by atoms with Gasteiger partial charge in [0.1, 0.15) is 0 Å². The Morgan fingerprint density at radius 3 is 2.48 bits per heavy atom. The molecule has 0 saturated heterocycles. The highest BCUT2D eigenvalue weighted by Gasteiger charge is 2.21. The Morgan fingerprint density at radius 2 is 1.65 bits per heavy atom. The molecule has 0 saturated carbocycles. The summed E-state index contributed by atoms with van der Waals surface area (Å²) in [6.45, 7) is 0.438. The monoisotopic (exact) mass is 532 g/mol. The van der Waals surface area contributed by atoms with Gasteiger partial charge in [0, 0.05) is 30.1 Å². The van der Waals surface area contributed by atoms with Gasteiger partial charge in [0.05, 0.1) is 41.3 Å². The standard InChI is InChI=1S/C31H24N4O5/c1-39-29-16-22(8-11-28(29)35(37)38)21-7-9-24-26(15-21)33-25-10-6-19(14-27(25)34-31(24)36)12-13-40-30-17-20-4-2-3-5-23(20)18-32-30/h2-11,14-18,33H,12-13H2,1H3,(H,34,36). The van der Waals surface area contributed by atoms with Crippen molar-refractivity contribution in [2.75, 3.05) is 24.4 Å². The number of amides is 1. The van der Waals surface area contributed by atoms with Crippen molar-refractivity contribution in [3.8, 4) is 22.8 Å². The number of methoxy groups -OCH3 is 1. The number of pyridine rings is 1. The number of hydrogen-bond acceptors (Lipinski definition) is 7. The number of hydrogen-bond donors (Lipinski definition) is 2. The van der Waals surface area contributed by atoms with Gasteiger partial charge < -0.3 is 20.1 Å². The van der Waals surface area contributed by atoms with Crippen LogP contribution in [0.4, 0.5) is 22.7 Å². The fourth-order valence-electron chi connectivity index (χ4n) is 4.74. The number of aromatic nitrogens is 1. The number of nitrogens with zero attached hydrogens (tertiary/aromatic N) is 2. The second-order valence-corrected chi connectivity index (χ2v) is 9.33. The van der Waals surface area contributed by atoms with Crippen LogP contribution in [0.15, 0.2) is 91.1 Å². The van der Waals surface area contributed by atoms with E-state index in [0.29, 0.717) is 35.8 Å². The first-order valence-electron chi connectivity index (χ1n) is 12.6. The van der Waals surface area contributed by atoms with E-state index in [9.17, 15) is 14.9 Å². The summed E-state index contributed by atoms with van der Waals surface area (Å²) in [5.74, 6) is 0.504. The zero-order valence-corrected chi connectivity index (χ0v) is 21.5. The Morgan fingerprint density at radius 1 is 0.850 bits per heavy atom. The lowest BCUT2D eigenvalue weighted by Crippen LogP contribution is -2.11. The van der Waals surface area contributed by atoms with Crippen LogP contribution in [0.1, 0.15) is 15.9 Å². The summed E-state index contributed by atoms with van der Waals surface area (Å²) >= 11 is 0. The van der Waals surface area contributed by atoms with E-state index in [1.807, 2.05) is 54.6 Å². The molecular weight excluding hydrogens is 508 g/mol. The second-order valence-electron chi connectivity index (χ2n) is 9.33. The van der Waals surface area contributed by atoms with Gasteiger partial charge in [0.2, 0.25) is 5.88 Å². The predicted molar refractivity (Wildman–Crippen MR) is 154 cm³/mol. The molecule has 6 rings (SSSR count). The first kappa shape index (κ1) is 24.9. The minimum atomic E-state index is -0.483. The Balaban J connectivity index is 1.20. The highest BCUT2D eigenvalue weighted by molar-refractivity contribution is 6.12. The molecule has 1 amide bonds. The lowest BCUT2D eigenvalue weighted by Gasteiger charge is -2.12. The average Bonchev–Trinajstić information content (AvgIpc) is 3.11. The number of nitrogens with one attached hydrogen (secondary N) is 2. The fourth-order valence-corrected chi connectivity index (χ4v) is 4.74. The predicted octanol–water partition coefficient (Wildman–Crippen LogP) is 6.75. The van der Waals surface area contributed by atoms with Crippen molar-refractivity contribution >= 4 is 39.4 Å². The molecule has 1 aromatic heterocycles. The summed E-state index contributed by atoms with van der Waals surface area (Å²) in [6.07, 6.45) is 2.44. The summed E-state index contributed by atoms with van der Waals surface area (Å²) in [7, 11) is 1.40. The van der Waals surface area contributed by atoms with Crippen LogP contribution < -0.4 is 20.1 Å². The van der Waals surface area contributed by atoms with Gasteiger partial charge in [0.25, 0.3) is 5.91 Å². The molecule has 5 aromatic rings. The molecule has 1 aliphatic rings. The van der Waals surface area contributed by atoms with Gasteiger partial charge in [-0.15, -0.1) is 0 Å². The van der Waals surface area contributed by atoms with Crippen molar-refractivity contribution < 1.29 is 19.2 Å². The number of fused-ring (bicyclic) bond motifs is 3. The first-order valence-corrected chi connectivity index (χ1v) is 12.6. The number of anilines is 3. The number of nitro benzene ring substituents is 1. The number of carbonyl (C=O) groups is 1. The van der Waals surface area contributed by atoms with Crippen LogP contribution in [0.2, 0.25) is 0 Å². The third-order valence-corrected chi connectivity index (χ3v) is 6.82. The van der Waals surface area contributed by atoms with E-state index >= 15 is 0 Å². The van der Waals surface area contributed by atoms with Crippen molar-refractivity contribution in [2.24, 2.45) is 0 Å². The molecule has 0 unspecified atom stereocenters. The van der Waals surface area contributed by atoms with Crippen LogP contribution in [0.25, 0.3) is 21.9 Å². The smallest absolute Gasteiger partial charge is 0.310 e. The summed E-state index contributed by atoms with van der Waals surface area (Å²) in [5.41, 5.74) is 4.95. The normalized spacial score (nSPS) is 12.0. The highest BCUT2D eigenvalue weighted by atomic mass is 16.6. The van der Waals surface area contributed by atoms with Crippen LogP contribution in [-0.2, 0) is 6.42 Å². The van der Waals surface area contributed by atoms with Crippen molar-refractivity contribution in [1.82, 2.24) is 4.98 Å². The number of nitro groups is 1. The average molecular weight is 533 g/mol. The molecule has 0 spiro atoms. The Labute approximate surface area is 229 Å². The van der Waals surface area contributed by atoms with Gasteiger partial charge in [-0.3, -0.25) is 14.9 Å². The van der Waals surface area contributed by atoms with E-state index in [1.165, 1.54) is 13.2 Å². The third-order valence-electron chi connectivity index (χ3n) is 6.82. The molecule has 9 heteroatoms. The second kappa shape index (κ2) is 10.4. The SMILES string of the molecule is COc1cc(-c2ccc3c(c2)Nc2ccc(CCOc4cc5ccccc5cn4)cc2NC3=O)ccc1[N+](=O)[O-]. The lowest BCUT2D eigenvalue weighted by atomic mass is 10.0. The molecule has 0 bridgehead atoms. The van der Waals surface area contributed by atoms with Gasteiger partial charge in [-0.1, -0.05) is 36.4 Å². The van der Waals surface area contributed by atoms with E-state index in [-0.39, 0.29) is 17.3 Å². The van der Waals surface area contributed by atoms with Crippen molar-refractivity contribution in [3.63, 3.8) is 0 Å². The molecule has 0 radical (unpaired) electrons. The van der Waals surface area contributed by atoms with Crippen LogP contribution >= 0.6 is 0 Å². The number of carbonyl (C=O) groups excluding carboxylic acids is 1. The molecule has 40 heavy (non-hydrogen) atoms. The van der Waals surface area contributed by atoms with Gasteiger partial charge >= 0.3 is 5.69 Å². The van der Waals surface area contributed by atoms with E-state index in [4.69, 9.17) is 9.47 Å². The maximum absolute atomic E-state index is 13.1. The highest BCUT2D eigenvalue weighted by Crippen LogP contribution is 2.37. The minimum absolute atomic E-state index is 0.109. The Kier molecular flexibility index (Phi) is 6.45. The zero-order chi connectivity index (χ0) is 27.6. The molecule has 2 N–H and O–H groups in total. The molecule has 0 aliphatic carbocycles. The topological polar surface area (TPSA) is 116 Å². The maximum Gasteiger partial charge on any atom is 0.310 e. The van der Waals surface area contributed by atoms with Crippen molar-refractivity contribution in [2.45, 2.75) is 6.42 Å². The minimum Gasteiger partial charge on any atom is -0.490 e. The molecular formula is C31H24N4O5. The Bertz CT molecular complexity index is 1790. The molecule has 1 aliphatic heterocycles. The van der Waals surface area contributed by atoms with Crippen molar-refractivity contribution in [3.05, 3.63) is 112 Å². The summed E-state index contributed by atoms with van der Waals surface area (Å²) < 4.78 is 11.1. The summed E-state index contributed by atoms with van der Waals surface area (Å²) in [6, 6.07) is 25.9. The number of ether oxygens (including phenoxy) is 2. The van der Waals surface area contributed by atoms with E-state index < -0.39 is 4.92 Å². The summed E-state index contributed by atoms with van der Waals surface area (Å²) in [4.78, 5) is 28.2. The molecule has 0 fully saturated rings. The van der Waals surface area contributed by atoms with Gasteiger partial charge in [-0.2, -0.15) is 0 Å². The van der Waals surface area contributed by atoms with E-state index in [1.54, 1.807) is 30.5 Å². The largest absolute Gasteiger partial charge is 0.490 e. The number of benzene rings is 4. The van der Waals surface area contributed by atoms with Gasteiger partial charge in [-0.25, -0.2) is 4.98 Å². The van der Waals surface area contributed by atoms with Crippen molar-refractivity contribution in [1.29, 1.82) is 0 Å². The van der Waals surface area contributed by atoms with Gasteiger partial charge in [-0.05, 0) is 58.5 Å². The molecule has 0 atom stereocenters. The molecule has 198 valence electrons. The quantitative estimate of drug-likeness (QED) is 0.176. The van der Waals surface area contributed by atoms with E-state index in [2.05, 4.69) is 15.6 Å². The Hall–Kier alpha value is -5.44. The molecule has 2 heterocycles. The molecule has 4 aromatic carbocycles. The van der Waals surface area contributed by atoms with Gasteiger partial charge in [0.15, 0.2) is 5.75 Å². The van der Waals surface area contributed by atoms with Crippen LogP contribution in [0.3, 0.4) is 0 Å². The lowest BCUT2D eigenvalue weighted by molar-refractivity contribution is -0.385. The zero-order valence-electron chi connectivity index (χ0n) is 21.5. The molecule has 9 nitrogen and oxygen atoms in total. The van der Waals surface area contributed by atoms with E-state index in [0.717, 1.165) is 33.2 Å². The third kappa shape index (κ3) is 4.88. The van der Waals surface area contributed by atoms with Crippen LogP contribution in [0, 0.1) is 10.1 Å². The van der Waals surface area contributed by atoms with Crippen LogP contribution in [-0.4, -0.2) is 29.5 Å². The summed E-state index contributed by atoms with van der Waals surface area (Å²) in [5, 5.41) is 19.8.